The van der Waals surface area contributed by atoms with Crippen molar-refractivity contribution in [1.82, 2.24) is 9.62 Å². The zero-order valence-electron chi connectivity index (χ0n) is 11.8. The van der Waals surface area contributed by atoms with E-state index in [4.69, 9.17) is 5.11 Å². The van der Waals surface area contributed by atoms with Gasteiger partial charge in [-0.15, -0.1) is 11.3 Å². The van der Waals surface area contributed by atoms with Gasteiger partial charge in [-0.05, 0) is 17.9 Å². The number of carbonyl (C=O) groups is 2. The normalized spacial score (nSPS) is 13.1. The molecule has 1 unspecified atom stereocenters. The number of likely N-dealkylation sites (N-methyl/N-ethyl adjacent to an activating group) is 1. The van der Waals surface area contributed by atoms with E-state index < -0.39 is 34.5 Å². The molecule has 7 nitrogen and oxygen atoms in total. The molecule has 9 heteroatoms. The first kappa shape index (κ1) is 17.6. The van der Waals surface area contributed by atoms with Crippen LogP contribution in [0.15, 0.2) is 21.7 Å². The summed E-state index contributed by atoms with van der Waals surface area (Å²) in [5.74, 6) is -1.77. The number of hydrogen-bond donors (Lipinski definition) is 2. The van der Waals surface area contributed by atoms with E-state index in [1.807, 2.05) is 0 Å². The number of thiophene rings is 1. The molecular formula is C12H18N2O5S2. The second-order valence-electron chi connectivity index (χ2n) is 4.44. The lowest BCUT2D eigenvalue weighted by molar-refractivity contribution is -0.142. The molecule has 1 heterocycles. The molecule has 0 aliphatic carbocycles. The molecule has 1 rings (SSSR count). The predicted molar refractivity (Wildman–Crippen MR) is 78.6 cm³/mol. The summed E-state index contributed by atoms with van der Waals surface area (Å²) < 4.78 is 25.3. The fourth-order valence-electron chi connectivity index (χ4n) is 1.64. The van der Waals surface area contributed by atoms with E-state index in [2.05, 4.69) is 5.32 Å². The van der Waals surface area contributed by atoms with E-state index in [0.717, 1.165) is 15.6 Å². The van der Waals surface area contributed by atoms with Gasteiger partial charge in [-0.25, -0.2) is 13.2 Å². The third kappa shape index (κ3) is 4.80. The molecule has 1 aromatic rings. The van der Waals surface area contributed by atoms with Crippen LogP contribution in [0.3, 0.4) is 0 Å². The number of nitrogens with one attached hydrogen (secondary N) is 1. The molecule has 0 spiro atoms. The van der Waals surface area contributed by atoms with Crippen molar-refractivity contribution in [3.63, 3.8) is 0 Å². The molecule has 0 bridgehead atoms. The highest BCUT2D eigenvalue weighted by Gasteiger charge is 2.25. The summed E-state index contributed by atoms with van der Waals surface area (Å²) >= 11 is 1.06. The van der Waals surface area contributed by atoms with Crippen molar-refractivity contribution >= 4 is 33.2 Å². The molecule has 118 valence electrons. The van der Waals surface area contributed by atoms with Gasteiger partial charge in [0.05, 0.1) is 6.54 Å². The Balaban J connectivity index is 2.68. The average Bonchev–Trinajstić information content (AvgIpc) is 2.92. The Morgan fingerprint density at radius 2 is 2.14 bits per heavy atom. The number of carboxylic acids is 1. The van der Waals surface area contributed by atoms with Gasteiger partial charge in [0.2, 0.25) is 5.91 Å². The topological polar surface area (TPSA) is 104 Å². The fourth-order valence-corrected chi connectivity index (χ4v) is 3.97. The van der Waals surface area contributed by atoms with E-state index in [9.17, 15) is 18.0 Å². The van der Waals surface area contributed by atoms with Crippen molar-refractivity contribution in [2.45, 2.75) is 30.0 Å². The van der Waals surface area contributed by atoms with Gasteiger partial charge in [0, 0.05) is 7.05 Å². The van der Waals surface area contributed by atoms with Crippen LogP contribution in [0.2, 0.25) is 0 Å². The fraction of sp³-hybridized carbons (Fsp3) is 0.500. The number of aliphatic carboxylic acids is 1. The number of rotatable bonds is 8. The maximum atomic E-state index is 12.1. The predicted octanol–water partition coefficient (Wildman–Crippen LogP) is 0.738. The summed E-state index contributed by atoms with van der Waals surface area (Å²) in [5, 5.41) is 12.9. The van der Waals surface area contributed by atoms with Crippen LogP contribution in [-0.4, -0.2) is 49.3 Å². The summed E-state index contributed by atoms with van der Waals surface area (Å²) in [6, 6.07) is 2.05. The summed E-state index contributed by atoms with van der Waals surface area (Å²) in [6.07, 6.45) is 0.892. The van der Waals surface area contributed by atoms with Gasteiger partial charge in [0.25, 0.3) is 10.0 Å². The van der Waals surface area contributed by atoms with Crippen LogP contribution in [0.4, 0.5) is 0 Å². The highest BCUT2D eigenvalue weighted by atomic mass is 32.2. The minimum Gasteiger partial charge on any atom is -0.480 e. The zero-order valence-corrected chi connectivity index (χ0v) is 13.4. The van der Waals surface area contributed by atoms with Crippen molar-refractivity contribution in [2.75, 3.05) is 13.6 Å². The highest BCUT2D eigenvalue weighted by molar-refractivity contribution is 7.91. The van der Waals surface area contributed by atoms with E-state index in [-0.39, 0.29) is 4.21 Å². The van der Waals surface area contributed by atoms with Crippen LogP contribution in [0.1, 0.15) is 19.8 Å². The lowest BCUT2D eigenvalue weighted by Crippen LogP contribution is -2.45. The van der Waals surface area contributed by atoms with Crippen molar-refractivity contribution < 1.29 is 23.1 Å². The average molecular weight is 334 g/mol. The largest absolute Gasteiger partial charge is 0.480 e. The number of sulfonamides is 1. The molecule has 0 fully saturated rings. The summed E-state index contributed by atoms with van der Waals surface area (Å²) in [5.41, 5.74) is 0. The summed E-state index contributed by atoms with van der Waals surface area (Å²) in [6.45, 7) is 1.38. The molecule has 1 atom stereocenters. The van der Waals surface area contributed by atoms with E-state index in [0.29, 0.717) is 12.8 Å². The maximum Gasteiger partial charge on any atom is 0.326 e. The van der Waals surface area contributed by atoms with Gasteiger partial charge in [-0.3, -0.25) is 4.79 Å². The Kier molecular flexibility index (Phi) is 6.31. The van der Waals surface area contributed by atoms with Gasteiger partial charge < -0.3 is 10.4 Å². The molecule has 0 radical (unpaired) electrons. The van der Waals surface area contributed by atoms with E-state index in [1.165, 1.54) is 13.1 Å². The second kappa shape index (κ2) is 7.53. The smallest absolute Gasteiger partial charge is 0.326 e. The van der Waals surface area contributed by atoms with E-state index >= 15 is 0 Å². The molecule has 1 aromatic heterocycles. The van der Waals surface area contributed by atoms with Crippen molar-refractivity contribution in [3.8, 4) is 0 Å². The lowest BCUT2D eigenvalue weighted by Gasteiger charge is -2.18. The van der Waals surface area contributed by atoms with Crippen LogP contribution < -0.4 is 5.32 Å². The van der Waals surface area contributed by atoms with Crippen LogP contribution in [0, 0.1) is 0 Å². The molecule has 21 heavy (non-hydrogen) atoms. The Bertz CT molecular complexity index is 583. The molecule has 0 saturated heterocycles. The number of carbonyl (C=O) groups excluding carboxylic acids is 1. The Morgan fingerprint density at radius 3 is 2.62 bits per heavy atom. The molecule has 0 aliphatic heterocycles. The van der Waals surface area contributed by atoms with Crippen LogP contribution in [0.5, 0.6) is 0 Å². The lowest BCUT2D eigenvalue weighted by atomic mass is 10.2. The maximum absolute atomic E-state index is 12.1. The van der Waals surface area contributed by atoms with Gasteiger partial charge >= 0.3 is 5.97 Å². The zero-order chi connectivity index (χ0) is 16.0. The highest BCUT2D eigenvalue weighted by Crippen LogP contribution is 2.19. The number of amides is 1. The molecule has 0 aliphatic rings. The van der Waals surface area contributed by atoms with Crippen molar-refractivity contribution in [2.24, 2.45) is 0 Å². The van der Waals surface area contributed by atoms with Crippen LogP contribution in [-0.2, 0) is 19.6 Å². The first-order valence-corrected chi connectivity index (χ1v) is 8.63. The minimum absolute atomic E-state index is 0.140. The van der Waals surface area contributed by atoms with Gasteiger partial charge in [0.1, 0.15) is 10.3 Å². The van der Waals surface area contributed by atoms with Gasteiger partial charge in [-0.2, -0.15) is 4.31 Å². The SMILES string of the molecule is CCCC(NC(=O)CN(C)S(=O)(=O)c1cccs1)C(=O)O. The third-order valence-electron chi connectivity index (χ3n) is 2.74. The van der Waals surface area contributed by atoms with Gasteiger partial charge in [0.15, 0.2) is 0 Å². The summed E-state index contributed by atoms with van der Waals surface area (Å²) in [7, 11) is -2.43. The molecular weight excluding hydrogens is 316 g/mol. The quantitative estimate of drug-likeness (QED) is 0.730. The number of hydrogen-bond acceptors (Lipinski definition) is 5. The van der Waals surface area contributed by atoms with E-state index in [1.54, 1.807) is 18.4 Å². The first-order chi connectivity index (χ1) is 9.78. The standard InChI is InChI=1S/C12H18N2O5S2/c1-3-5-9(12(16)17)13-10(15)8-14(2)21(18,19)11-6-4-7-20-11/h4,6-7,9H,3,5,8H2,1-2H3,(H,13,15)(H,16,17). The third-order valence-corrected chi connectivity index (χ3v) is 5.91. The van der Waals surface area contributed by atoms with Crippen LogP contribution in [0.25, 0.3) is 0 Å². The van der Waals surface area contributed by atoms with Gasteiger partial charge in [-0.1, -0.05) is 19.4 Å². The van der Waals surface area contributed by atoms with Crippen molar-refractivity contribution in [3.05, 3.63) is 17.5 Å². The van der Waals surface area contributed by atoms with Crippen LogP contribution >= 0.6 is 11.3 Å². The first-order valence-electron chi connectivity index (χ1n) is 6.31. The Hall–Kier alpha value is -1.45. The summed E-state index contributed by atoms with van der Waals surface area (Å²) in [4.78, 5) is 22.7. The number of nitrogens with zero attached hydrogens (tertiary/aromatic N) is 1. The molecule has 1 amide bonds. The molecule has 0 saturated carbocycles. The molecule has 2 N–H and O–H groups in total. The number of carboxylic acid groups (broad SMARTS) is 1. The monoisotopic (exact) mass is 334 g/mol. The van der Waals surface area contributed by atoms with Crippen molar-refractivity contribution in [1.29, 1.82) is 0 Å². The minimum atomic E-state index is -3.72. The Labute approximate surface area is 127 Å². The molecule has 0 aromatic carbocycles. The Morgan fingerprint density at radius 1 is 1.48 bits per heavy atom. The second-order valence-corrected chi connectivity index (χ2v) is 7.66.